The van der Waals surface area contributed by atoms with Gasteiger partial charge in [-0.15, -0.1) is 0 Å². The van der Waals surface area contributed by atoms with Gasteiger partial charge in [-0.3, -0.25) is 15.0 Å². The summed E-state index contributed by atoms with van der Waals surface area (Å²) >= 11 is 0. The summed E-state index contributed by atoms with van der Waals surface area (Å²) < 4.78 is 28.5. The second kappa shape index (κ2) is 7.67. The van der Waals surface area contributed by atoms with E-state index in [2.05, 4.69) is 25.3 Å². The molecule has 0 spiro atoms. The van der Waals surface area contributed by atoms with E-state index in [1.165, 1.54) is 24.4 Å². The van der Waals surface area contributed by atoms with Crippen molar-refractivity contribution in [2.24, 2.45) is 4.99 Å². The van der Waals surface area contributed by atoms with E-state index in [9.17, 15) is 13.9 Å². The van der Waals surface area contributed by atoms with Crippen LogP contribution in [-0.4, -0.2) is 26.3 Å². The lowest BCUT2D eigenvalue weighted by Gasteiger charge is -2.07. The minimum Gasteiger partial charge on any atom is -0.494 e. The number of hydrogen-bond acceptors (Lipinski definition) is 5. The first kappa shape index (κ1) is 18.5. The Kier molecular flexibility index (Phi) is 4.90. The van der Waals surface area contributed by atoms with Crippen molar-refractivity contribution in [1.29, 1.82) is 0 Å². The fourth-order valence-electron chi connectivity index (χ4n) is 2.90. The Balaban J connectivity index is 1.52. The molecule has 0 saturated carbocycles. The van der Waals surface area contributed by atoms with Gasteiger partial charge in [-0.2, -0.15) is 0 Å². The van der Waals surface area contributed by atoms with E-state index in [1.54, 1.807) is 30.6 Å². The Bertz CT molecular complexity index is 1200. The highest BCUT2D eigenvalue weighted by Crippen LogP contribution is 2.29. The molecule has 29 heavy (non-hydrogen) atoms. The largest absolute Gasteiger partial charge is 0.494 e. The molecule has 0 aliphatic carbocycles. The van der Waals surface area contributed by atoms with E-state index in [-0.39, 0.29) is 16.8 Å². The molecular formula is C21H17F2N5O. The molecule has 0 saturated heterocycles. The molecule has 0 aliphatic rings. The number of halogens is 2. The number of aryl methyl sites for hydroxylation is 1. The average Bonchev–Trinajstić information content (AvgIpc) is 3.03. The molecule has 0 aliphatic heterocycles. The Morgan fingerprint density at radius 3 is 2.76 bits per heavy atom. The van der Waals surface area contributed by atoms with E-state index in [1.807, 2.05) is 6.92 Å². The number of fused-ring (bicyclic) bond motifs is 1. The topological polar surface area (TPSA) is 86.2 Å². The number of aromatic amines is 1. The van der Waals surface area contributed by atoms with Crippen LogP contribution in [0.1, 0.15) is 17.0 Å². The molecule has 2 aromatic carbocycles. The van der Waals surface area contributed by atoms with E-state index in [0.717, 1.165) is 5.69 Å². The van der Waals surface area contributed by atoms with Crippen molar-refractivity contribution >= 4 is 28.5 Å². The number of aromatic hydroxyl groups is 1. The number of hydrogen-bond donors (Lipinski definition) is 3. The van der Waals surface area contributed by atoms with Crippen LogP contribution in [0.4, 0.5) is 20.2 Å². The third-order valence-corrected chi connectivity index (χ3v) is 4.38. The normalized spacial score (nSPS) is 11.4. The van der Waals surface area contributed by atoms with Gasteiger partial charge >= 0.3 is 0 Å². The summed E-state index contributed by atoms with van der Waals surface area (Å²) in [6.45, 7) is 2.17. The third-order valence-electron chi connectivity index (χ3n) is 4.38. The standard InChI is InChI=1S/C21H17F2N5O/c1-12-8-25-14(9-24-12)10-27-18-6-5-13(7-17(18)23)26-11-15-20-16(22)3-2-4-19(20)28-21(15)29/h2-9,11,27-29H,10H2,1H3. The van der Waals surface area contributed by atoms with Crippen LogP contribution >= 0.6 is 0 Å². The summed E-state index contributed by atoms with van der Waals surface area (Å²) in [5, 5.41) is 13.2. The minimum atomic E-state index is -0.492. The molecule has 3 N–H and O–H groups in total. The zero-order valence-corrected chi connectivity index (χ0v) is 15.4. The number of nitrogens with zero attached hydrogens (tertiary/aromatic N) is 3. The number of benzene rings is 2. The van der Waals surface area contributed by atoms with Gasteiger partial charge in [0.1, 0.15) is 11.6 Å². The molecule has 0 atom stereocenters. The van der Waals surface area contributed by atoms with E-state index in [4.69, 9.17) is 0 Å². The zero-order chi connectivity index (χ0) is 20.4. The first-order valence-corrected chi connectivity index (χ1v) is 8.85. The predicted molar refractivity (Wildman–Crippen MR) is 108 cm³/mol. The van der Waals surface area contributed by atoms with E-state index < -0.39 is 11.6 Å². The average molecular weight is 393 g/mol. The molecule has 2 heterocycles. The summed E-state index contributed by atoms with van der Waals surface area (Å²) in [6, 6.07) is 8.91. The molecule has 6 nitrogen and oxygen atoms in total. The Morgan fingerprint density at radius 2 is 2.00 bits per heavy atom. The van der Waals surface area contributed by atoms with Crippen molar-refractivity contribution in [2.75, 3.05) is 5.32 Å². The molecule has 0 amide bonds. The summed E-state index contributed by atoms with van der Waals surface area (Å²) in [5.41, 5.74) is 2.78. The maximum Gasteiger partial charge on any atom is 0.198 e. The Morgan fingerprint density at radius 1 is 1.14 bits per heavy atom. The monoisotopic (exact) mass is 393 g/mol. The summed E-state index contributed by atoms with van der Waals surface area (Å²) in [4.78, 5) is 15.2. The van der Waals surface area contributed by atoms with Crippen LogP contribution in [0.2, 0.25) is 0 Å². The zero-order valence-electron chi connectivity index (χ0n) is 15.4. The quantitative estimate of drug-likeness (QED) is 0.432. The number of aromatic nitrogens is 3. The van der Waals surface area contributed by atoms with Crippen molar-refractivity contribution in [3.63, 3.8) is 0 Å². The lowest BCUT2D eigenvalue weighted by molar-refractivity contribution is 0.457. The predicted octanol–water partition coefficient (Wildman–Crippen LogP) is 4.61. The smallest absolute Gasteiger partial charge is 0.198 e. The number of rotatable bonds is 5. The van der Waals surface area contributed by atoms with Gasteiger partial charge < -0.3 is 15.4 Å². The number of H-pyrrole nitrogens is 1. The fourth-order valence-corrected chi connectivity index (χ4v) is 2.90. The fraction of sp³-hybridized carbons (Fsp3) is 0.0952. The van der Waals surface area contributed by atoms with Crippen LogP contribution in [0.3, 0.4) is 0 Å². The second-order valence-electron chi connectivity index (χ2n) is 6.47. The third kappa shape index (κ3) is 3.91. The van der Waals surface area contributed by atoms with Crippen molar-refractivity contribution in [3.05, 3.63) is 77.4 Å². The summed E-state index contributed by atoms with van der Waals surface area (Å²) in [7, 11) is 0. The highest BCUT2D eigenvalue weighted by molar-refractivity contribution is 6.02. The molecule has 0 fully saturated rings. The van der Waals surface area contributed by atoms with Crippen molar-refractivity contribution < 1.29 is 13.9 Å². The second-order valence-corrected chi connectivity index (χ2v) is 6.47. The van der Waals surface area contributed by atoms with Gasteiger partial charge in [0, 0.05) is 23.9 Å². The van der Waals surface area contributed by atoms with Crippen LogP contribution in [0, 0.1) is 18.6 Å². The molecule has 2 aromatic heterocycles. The highest BCUT2D eigenvalue weighted by Gasteiger charge is 2.13. The van der Waals surface area contributed by atoms with Crippen LogP contribution in [-0.2, 0) is 6.54 Å². The molecule has 8 heteroatoms. The highest BCUT2D eigenvalue weighted by atomic mass is 19.1. The first-order valence-electron chi connectivity index (χ1n) is 8.85. The van der Waals surface area contributed by atoms with Gasteiger partial charge in [-0.05, 0) is 31.2 Å². The Hall–Kier alpha value is -3.81. The number of nitrogens with one attached hydrogen (secondary N) is 2. The van der Waals surface area contributed by atoms with Gasteiger partial charge in [-0.25, -0.2) is 8.78 Å². The minimum absolute atomic E-state index is 0.202. The molecule has 146 valence electrons. The molecular weight excluding hydrogens is 376 g/mol. The molecule has 0 bridgehead atoms. The first-order chi connectivity index (χ1) is 14.0. The molecule has 4 rings (SSSR count). The van der Waals surface area contributed by atoms with Crippen LogP contribution in [0.25, 0.3) is 10.9 Å². The van der Waals surface area contributed by atoms with Crippen molar-refractivity contribution in [2.45, 2.75) is 13.5 Å². The summed E-state index contributed by atoms with van der Waals surface area (Å²) in [5.74, 6) is -1.17. The van der Waals surface area contributed by atoms with Crippen molar-refractivity contribution in [3.8, 4) is 5.88 Å². The molecule has 0 radical (unpaired) electrons. The van der Waals surface area contributed by atoms with Crippen LogP contribution < -0.4 is 5.32 Å². The summed E-state index contributed by atoms with van der Waals surface area (Å²) in [6.07, 6.45) is 4.58. The lowest BCUT2D eigenvalue weighted by atomic mass is 10.1. The van der Waals surface area contributed by atoms with Gasteiger partial charge in [-0.1, -0.05) is 6.07 Å². The van der Waals surface area contributed by atoms with Crippen LogP contribution in [0.5, 0.6) is 5.88 Å². The SMILES string of the molecule is Cc1cnc(CNc2ccc(N=Cc3c(O)[nH]c4cccc(F)c34)cc2F)cn1. The maximum atomic E-state index is 14.4. The molecule has 0 unspecified atom stereocenters. The van der Waals surface area contributed by atoms with Gasteiger partial charge in [0.15, 0.2) is 5.88 Å². The van der Waals surface area contributed by atoms with Crippen molar-refractivity contribution in [1.82, 2.24) is 15.0 Å². The van der Waals surface area contributed by atoms with Gasteiger partial charge in [0.05, 0.1) is 46.6 Å². The maximum absolute atomic E-state index is 14.4. The number of aliphatic imine (C=N–C) groups is 1. The lowest BCUT2D eigenvalue weighted by Crippen LogP contribution is -2.04. The molecule has 4 aromatic rings. The van der Waals surface area contributed by atoms with E-state index in [0.29, 0.717) is 29.1 Å². The van der Waals surface area contributed by atoms with E-state index >= 15 is 0 Å². The van der Waals surface area contributed by atoms with Gasteiger partial charge in [0.2, 0.25) is 0 Å². The van der Waals surface area contributed by atoms with Crippen LogP contribution in [0.15, 0.2) is 53.8 Å². The van der Waals surface area contributed by atoms with Gasteiger partial charge in [0.25, 0.3) is 0 Å². The number of anilines is 1. The Labute approximate surface area is 165 Å².